The standard InChI is InChI=1S/C21H27F3N2O2/c22-21(23,24)16-7-5-6-15(14-16)20(11-3-4-12-20)19(28)25-13-10-18(27)26-17-8-1-2-9-17/h5-7,14,17H,1-4,8-13H2,(H,25,28)(H,26,27). The van der Waals surface area contributed by atoms with Gasteiger partial charge in [0.25, 0.3) is 0 Å². The number of hydrogen-bond acceptors (Lipinski definition) is 2. The Bertz CT molecular complexity index is 706. The van der Waals surface area contributed by atoms with Crippen molar-refractivity contribution in [3.63, 3.8) is 0 Å². The smallest absolute Gasteiger partial charge is 0.355 e. The number of halogens is 3. The Hall–Kier alpha value is -2.05. The first-order chi connectivity index (χ1) is 13.3. The Labute approximate surface area is 163 Å². The van der Waals surface area contributed by atoms with Gasteiger partial charge in [0.2, 0.25) is 11.8 Å². The predicted molar refractivity (Wildman–Crippen MR) is 99.6 cm³/mol. The minimum atomic E-state index is -4.44. The highest BCUT2D eigenvalue weighted by Gasteiger charge is 2.43. The first-order valence-corrected chi connectivity index (χ1v) is 10.1. The predicted octanol–water partition coefficient (Wildman–Crippen LogP) is 4.08. The maximum absolute atomic E-state index is 13.1. The molecule has 154 valence electrons. The van der Waals surface area contributed by atoms with E-state index < -0.39 is 17.2 Å². The van der Waals surface area contributed by atoms with E-state index in [1.807, 2.05) is 0 Å². The second-order valence-electron chi connectivity index (χ2n) is 7.92. The third-order valence-electron chi connectivity index (χ3n) is 5.99. The van der Waals surface area contributed by atoms with E-state index in [0.29, 0.717) is 18.4 Å². The average molecular weight is 396 g/mol. The van der Waals surface area contributed by atoms with Crippen molar-refractivity contribution in [3.8, 4) is 0 Å². The zero-order chi connectivity index (χ0) is 20.2. The average Bonchev–Trinajstić information content (AvgIpc) is 3.33. The molecule has 28 heavy (non-hydrogen) atoms. The van der Waals surface area contributed by atoms with Gasteiger partial charge in [0, 0.05) is 19.0 Å². The Morgan fingerprint density at radius 1 is 1.07 bits per heavy atom. The van der Waals surface area contributed by atoms with Crippen LogP contribution in [0.5, 0.6) is 0 Å². The molecule has 2 amide bonds. The molecule has 0 heterocycles. The molecular formula is C21H27F3N2O2. The molecule has 0 spiro atoms. The molecule has 0 unspecified atom stereocenters. The van der Waals surface area contributed by atoms with E-state index >= 15 is 0 Å². The van der Waals surface area contributed by atoms with E-state index in [2.05, 4.69) is 10.6 Å². The van der Waals surface area contributed by atoms with E-state index in [1.54, 1.807) is 6.07 Å². The van der Waals surface area contributed by atoms with Gasteiger partial charge in [-0.15, -0.1) is 0 Å². The van der Waals surface area contributed by atoms with Crippen LogP contribution in [0.2, 0.25) is 0 Å². The molecule has 0 radical (unpaired) electrons. The lowest BCUT2D eigenvalue weighted by Crippen LogP contribution is -2.44. The number of hydrogen-bond donors (Lipinski definition) is 2. The van der Waals surface area contributed by atoms with Crippen molar-refractivity contribution in [2.24, 2.45) is 0 Å². The summed E-state index contributed by atoms with van der Waals surface area (Å²) in [7, 11) is 0. The Morgan fingerprint density at radius 2 is 1.75 bits per heavy atom. The minimum Gasteiger partial charge on any atom is -0.355 e. The Balaban J connectivity index is 1.63. The number of alkyl halides is 3. The van der Waals surface area contributed by atoms with Gasteiger partial charge >= 0.3 is 6.18 Å². The molecular weight excluding hydrogens is 369 g/mol. The van der Waals surface area contributed by atoms with Crippen LogP contribution in [0.15, 0.2) is 24.3 Å². The Morgan fingerprint density at radius 3 is 2.39 bits per heavy atom. The van der Waals surface area contributed by atoms with Crippen molar-refractivity contribution in [2.45, 2.75) is 75.4 Å². The molecule has 3 rings (SSSR count). The molecule has 7 heteroatoms. The largest absolute Gasteiger partial charge is 0.416 e. The van der Waals surface area contributed by atoms with Crippen molar-refractivity contribution >= 4 is 11.8 Å². The maximum atomic E-state index is 13.1. The van der Waals surface area contributed by atoms with Gasteiger partial charge in [0.05, 0.1) is 11.0 Å². The molecule has 2 aliphatic carbocycles. The molecule has 2 N–H and O–H groups in total. The fourth-order valence-corrected chi connectivity index (χ4v) is 4.45. The third-order valence-corrected chi connectivity index (χ3v) is 5.99. The van der Waals surface area contributed by atoms with Crippen molar-refractivity contribution in [3.05, 3.63) is 35.4 Å². The van der Waals surface area contributed by atoms with Crippen LogP contribution in [0.1, 0.15) is 68.9 Å². The summed E-state index contributed by atoms with van der Waals surface area (Å²) in [6.07, 6.45) is 2.63. The van der Waals surface area contributed by atoms with E-state index in [9.17, 15) is 22.8 Å². The number of benzene rings is 1. The summed E-state index contributed by atoms with van der Waals surface area (Å²) in [5, 5.41) is 5.77. The van der Waals surface area contributed by atoms with E-state index in [-0.39, 0.29) is 30.8 Å². The molecule has 1 aromatic rings. The molecule has 0 atom stereocenters. The van der Waals surface area contributed by atoms with Crippen LogP contribution >= 0.6 is 0 Å². The van der Waals surface area contributed by atoms with Crippen LogP contribution in [-0.4, -0.2) is 24.4 Å². The third kappa shape index (κ3) is 4.67. The second-order valence-corrected chi connectivity index (χ2v) is 7.92. The van der Waals surface area contributed by atoms with Gasteiger partial charge in [-0.25, -0.2) is 0 Å². The normalized spacial score (nSPS) is 19.5. The summed E-state index contributed by atoms with van der Waals surface area (Å²) in [5.41, 5.74) is -1.27. The lowest BCUT2D eigenvalue weighted by atomic mass is 9.77. The highest BCUT2D eigenvalue weighted by molar-refractivity contribution is 5.89. The summed E-state index contributed by atoms with van der Waals surface area (Å²) < 4.78 is 39.3. The SMILES string of the molecule is O=C(CCNC(=O)C1(c2cccc(C(F)(F)F)c2)CCCC1)NC1CCCC1. The monoisotopic (exact) mass is 396 g/mol. The number of nitrogens with one attached hydrogen (secondary N) is 2. The zero-order valence-electron chi connectivity index (χ0n) is 15.9. The molecule has 4 nitrogen and oxygen atoms in total. The molecule has 0 saturated heterocycles. The molecule has 2 aliphatic rings. The first-order valence-electron chi connectivity index (χ1n) is 10.1. The van der Waals surface area contributed by atoms with Crippen molar-refractivity contribution in [1.82, 2.24) is 10.6 Å². The van der Waals surface area contributed by atoms with Gasteiger partial charge in [-0.3, -0.25) is 9.59 Å². The van der Waals surface area contributed by atoms with Gasteiger partial charge < -0.3 is 10.6 Å². The van der Waals surface area contributed by atoms with Crippen molar-refractivity contribution < 1.29 is 22.8 Å². The minimum absolute atomic E-state index is 0.0910. The number of amides is 2. The number of rotatable bonds is 6. The van der Waals surface area contributed by atoms with Crippen LogP contribution in [0.4, 0.5) is 13.2 Å². The summed E-state index contributed by atoms with van der Waals surface area (Å²) in [6.45, 7) is 0.193. The van der Waals surface area contributed by atoms with E-state index in [0.717, 1.165) is 50.7 Å². The van der Waals surface area contributed by atoms with Gasteiger partial charge in [0.15, 0.2) is 0 Å². The fourth-order valence-electron chi connectivity index (χ4n) is 4.45. The molecule has 2 fully saturated rings. The fraction of sp³-hybridized carbons (Fsp3) is 0.619. The highest BCUT2D eigenvalue weighted by Crippen LogP contribution is 2.43. The Kier molecular flexibility index (Phi) is 6.30. The number of carbonyl (C=O) groups excluding carboxylic acids is 2. The van der Waals surface area contributed by atoms with Crippen LogP contribution < -0.4 is 10.6 Å². The van der Waals surface area contributed by atoms with Gasteiger partial charge in [-0.05, 0) is 37.3 Å². The van der Waals surface area contributed by atoms with Crippen LogP contribution in [0.25, 0.3) is 0 Å². The lowest BCUT2D eigenvalue weighted by molar-refractivity contribution is -0.138. The highest BCUT2D eigenvalue weighted by atomic mass is 19.4. The van der Waals surface area contributed by atoms with Crippen LogP contribution in [0.3, 0.4) is 0 Å². The van der Waals surface area contributed by atoms with Gasteiger partial charge in [0.1, 0.15) is 0 Å². The molecule has 0 bridgehead atoms. The molecule has 0 aromatic heterocycles. The summed E-state index contributed by atoms with van der Waals surface area (Å²) in [5.74, 6) is -0.371. The first kappa shape index (κ1) is 20.7. The van der Waals surface area contributed by atoms with Gasteiger partial charge in [-0.1, -0.05) is 43.9 Å². The summed E-state index contributed by atoms with van der Waals surface area (Å²) in [6, 6.07) is 5.32. The maximum Gasteiger partial charge on any atom is 0.416 e. The van der Waals surface area contributed by atoms with Crippen LogP contribution in [0, 0.1) is 0 Å². The van der Waals surface area contributed by atoms with E-state index in [4.69, 9.17) is 0 Å². The molecule has 1 aromatic carbocycles. The quantitative estimate of drug-likeness (QED) is 0.761. The second kappa shape index (κ2) is 8.53. The lowest BCUT2D eigenvalue weighted by Gasteiger charge is -2.29. The zero-order valence-corrected chi connectivity index (χ0v) is 15.9. The number of carbonyl (C=O) groups is 2. The van der Waals surface area contributed by atoms with Crippen molar-refractivity contribution in [1.29, 1.82) is 0 Å². The van der Waals surface area contributed by atoms with Crippen LogP contribution in [-0.2, 0) is 21.2 Å². The summed E-state index contributed by atoms with van der Waals surface area (Å²) >= 11 is 0. The van der Waals surface area contributed by atoms with Gasteiger partial charge in [-0.2, -0.15) is 13.2 Å². The van der Waals surface area contributed by atoms with Crippen molar-refractivity contribution in [2.75, 3.05) is 6.54 Å². The topological polar surface area (TPSA) is 58.2 Å². The van der Waals surface area contributed by atoms with E-state index in [1.165, 1.54) is 6.07 Å². The molecule has 2 saturated carbocycles. The molecule has 0 aliphatic heterocycles. The summed E-state index contributed by atoms with van der Waals surface area (Å²) in [4.78, 5) is 24.9.